The second-order valence-corrected chi connectivity index (χ2v) is 7.13. The van der Waals surface area contributed by atoms with Crippen molar-refractivity contribution in [3.05, 3.63) is 47.4 Å². The zero-order valence-electron chi connectivity index (χ0n) is 15.8. The minimum Gasteiger partial charge on any atom is -0.356 e. The van der Waals surface area contributed by atoms with E-state index in [-0.39, 0.29) is 11.7 Å². The van der Waals surface area contributed by atoms with E-state index in [0.29, 0.717) is 12.2 Å². The van der Waals surface area contributed by atoms with Crippen LogP contribution in [0.4, 0.5) is 5.82 Å². The first-order valence-corrected chi connectivity index (χ1v) is 9.40. The number of benzene rings is 1. The first kappa shape index (κ1) is 17.5. The third kappa shape index (κ3) is 3.77. The fourth-order valence-electron chi connectivity index (χ4n) is 3.42. The first-order valence-electron chi connectivity index (χ1n) is 9.40. The van der Waals surface area contributed by atoms with Gasteiger partial charge in [-0.2, -0.15) is 5.10 Å². The molecule has 1 saturated heterocycles. The lowest BCUT2D eigenvalue weighted by atomic mass is 10.1. The summed E-state index contributed by atoms with van der Waals surface area (Å²) in [6.07, 6.45) is 5.44. The highest BCUT2D eigenvalue weighted by Crippen LogP contribution is 2.25. The lowest BCUT2D eigenvalue weighted by Gasteiger charge is -2.28. The molecule has 0 saturated carbocycles. The number of rotatable bonds is 4. The summed E-state index contributed by atoms with van der Waals surface area (Å²) in [5.74, 6) is 0.712. The van der Waals surface area contributed by atoms with Crippen molar-refractivity contribution in [2.75, 3.05) is 18.0 Å². The van der Waals surface area contributed by atoms with E-state index in [2.05, 4.69) is 25.3 Å². The number of hydrogen-bond donors (Lipinski definition) is 1. The molecule has 7 heteroatoms. The monoisotopic (exact) mass is 364 g/mol. The van der Waals surface area contributed by atoms with Gasteiger partial charge in [0.1, 0.15) is 5.82 Å². The number of nitrogens with zero attached hydrogens (tertiary/aromatic N) is 5. The van der Waals surface area contributed by atoms with Gasteiger partial charge in [-0.3, -0.25) is 9.48 Å². The van der Waals surface area contributed by atoms with Gasteiger partial charge in [-0.05, 0) is 31.7 Å². The van der Waals surface area contributed by atoms with E-state index in [1.807, 2.05) is 44.4 Å². The molecule has 1 N–H and O–H groups in total. The molecular formula is C20H24N6O. The van der Waals surface area contributed by atoms with Crippen molar-refractivity contribution in [1.82, 2.24) is 25.1 Å². The zero-order chi connectivity index (χ0) is 18.8. The maximum atomic E-state index is 12.7. The number of nitrogens with one attached hydrogen (secondary N) is 1. The number of carbonyl (C=O) groups is 1. The van der Waals surface area contributed by atoms with Gasteiger partial charge in [0, 0.05) is 32.9 Å². The maximum Gasteiger partial charge on any atom is 0.289 e. The lowest BCUT2D eigenvalue weighted by Crippen LogP contribution is -2.32. The Balaban J connectivity index is 1.60. The van der Waals surface area contributed by atoms with Gasteiger partial charge in [0.25, 0.3) is 5.91 Å². The van der Waals surface area contributed by atoms with Gasteiger partial charge in [0.05, 0.1) is 5.39 Å². The second kappa shape index (κ2) is 7.34. The highest BCUT2D eigenvalue weighted by atomic mass is 16.2. The Bertz CT molecular complexity index is 957. The number of fused-ring (bicyclic) bond motifs is 1. The van der Waals surface area contributed by atoms with E-state index in [9.17, 15) is 4.79 Å². The average molecular weight is 364 g/mol. The van der Waals surface area contributed by atoms with E-state index in [1.54, 1.807) is 4.68 Å². The van der Waals surface area contributed by atoms with E-state index in [4.69, 9.17) is 0 Å². The Morgan fingerprint density at radius 3 is 2.59 bits per heavy atom. The fraction of sp³-hybridized carbons (Fsp3) is 0.400. The third-order valence-electron chi connectivity index (χ3n) is 4.91. The Labute approximate surface area is 158 Å². The molecule has 0 aliphatic carbocycles. The van der Waals surface area contributed by atoms with Crippen LogP contribution in [0.5, 0.6) is 0 Å². The number of carbonyl (C=O) groups excluding carboxylic acids is 1. The molecule has 4 rings (SSSR count). The number of amides is 1. The van der Waals surface area contributed by atoms with E-state index in [0.717, 1.165) is 42.7 Å². The molecule has 1 amide bonds. The SMILES string of the molecule is Cc1ccc(CNC(=O)c2nc(N3CCCCC3)c3cn(C)nc3n2)cc1. The largest absolute Gasteiger partial charge is 0.356 e. The van der Waals surface area contributed by atoms with Crippen LogP contribution in [0.3, 0.4) is 0 Å². The molecule has 0 bridgehead atoms. The van der Waals surface area contributed by atoms with Crippen molar-refractivity contribution in [3.8, 4) is 0 Å². The van der Waals surface area contributed by atoms with E-state index in [1.165, 1.54) is 12.0 Å². The molecule has 0 spiro atoms. The summed E-state index contributed by atoms with van der Waals surface area (Å²) < 4.78 is 1.72. The second-order valence-electron chi connectivity index (χ2n) is 7.13. The molecule has 7 nitrogen and oxygen atoms in total. The minimum atomic E-state index is -0.276. The molecular weight excluding hydrogens is 340 g/mol. The van der Waals surface area contributed by atoms with Gasteiger partial charge in [-0.25, -0.2) is 9.97 Å². The molecule has 1 aliphatic rings. The number of aromatic nitrogens is 4. The topological polar surface area (TPSA) is 75.9 Å². The third-order valence-corrected chi connectivity index (χ3v) is 4.91. The van der Waals surface area contributed by atoms with Crippen LogP contribution in [0.15, 0.2) is 30.5 Å². The summed E-state index contributed by atoms with van der Waals surface area (Å²) in [6.45, 7) is 4.39. The summed E-state index contributed by atoms with van der Waals surface area (Å²) in [5.41, 5.74) is 2.80. The van der Waals surface area contributed by atoms with Gasteiger partial charge in [-0.1, -0.05) is 29.8 Å². The van der Waals surface area contributed by atoms with E-state index >= 15 is 0 Å². The molecule has 2 aromatic heterocycles. The quantitative estimate of drug-likeness (QED) is 0.770. The van der Waals surface area contributed by atoms with Gasteiger partial charge < -0.3 is 10.2 Å². The van der Waals surface area contributed by atoms with Gasteiger partial charge in [0.15, 0.2) is 5.65 Å². The molecule has 1 fully saturated rings. The Kier molecular flexibility index (Phi) is 4.75. The Morgan fingerprint density at radius 1 is 1.11 bits per heavy atom. The van der Waals surface area contributed by atoms with Crippen LogP contribution in [-0.2, 0) is 13.6 Å². The number of aryl methyl sites for hydroxylation is 2. The van der Waals surface area contributed by atoms with Gasteiger partial charge in [-0.15, -0.1) is 0 Å². The van der Waals surface area contributed by atoms with E-state index < -0.39 is 0 Å². The van der Waals surface area contributed by atoms with Gasteiger partial charge >= 0.3 is 0 Å². The predicted molar refractivity (Wildman–Crippen MR) is 105 cm³/mol. The highest BCUT2D eigenvalue weighted by Gasteiger charge is 2.21. The van der Waals surface area contributed by atoms with Crippen molar-refractivity contribution in [2.24, 2.45) is 7.05 Å². The maximum absolute atomic E-state index is 12.7. The Morgan fingerprint density at radius 2 is 1.85 bits per heavy atom. The van der Waals surface area contributed by atoms with Crippen LogP contribution in [-0.4, -0.2) is 38.7 Å². The summed E-state index contributed by atoms with van der Waals surface area (Å²) in [4.78, 5) is 23.9. The van der Waals surface area contributed by atoms with Crippen molar-refractivity contribution in [1.29, 1.82) is 0 Å². The molecule has 0 unspecified atom stereocenters. The summed E-state index contributed by atoms with van der Waals surface area (Å²) in [5, 5.41) is 8.22. The van der Waals surface area contributed by atoms with Crippen LogP contribution in [0.1, 0.15) is 41.0 Å². The van der Waals surface area contributed by atoms with Crippen molar-refractivity contribution >= 4 is 22.8 Å². The zero-order valence-corrected chi connectivity index (χ0v) is 15.8. The molecule has 0 radical (unpaired) electrons. The highest BCUT2D eigenvalue weighted by molar-refractivity contribution is 5.95. The minimum absolute atomic E-state index is 0.175. The summed E-state index contributed by atoms with van der Waals surface area (Å²) in [6, 6.07) is 8.09. The smallest absolute Gasteiger partial charge is 0.289 e. The molecule has 0 atom stereocenters. The van der Waals surface area contributed by atoms with Crippen molar-refractivity contribution in [3.63, 3.8) is 0 Å². The molecule has 140 valence electrons. The first-order chi connectivity index (χ1) is 13.1. The van der Waals surface area contributed by atoms with Crippen LogP contribution < -0.4 is 10.2 Å². The molecule has 27 heavy (non-hydrogen) atoms. The molecule has 1 aliphatic heterocycles. The normalized spacial score (nSPS) is 14.5. The van der Waals surface area contributed by atoms with Crippen molar-refractivity contribution in [2.45, 2.75) is 32.7 Å². The van der Waals surface area contributed by atoms with Crippen LogP contribution >= 0.6 is 0 Å². The van der Waals surface area contributed by atoms with Crippen molar-refractivity contribution < 1.29 is 4.79 Å². The number of piperidine rings is 1. The molecule has 3 heterocycles. The standard InChI is InChI=1S/C20H24N6O/c1-14-6-8-15(9-7-14)12-21-20(27)18-22-17-16(13-25(2)24-17)19(23-18)26-10-4-3-5-11-26/h6-9,13H,3-5,10-12H2,1-2H3,(H,21,27). The predicted octanol–water partition coefficient (Wildman–Crippen LogP) is 2.59. The Hall–Kier alpha value is -2.96. The number of hydrogen-bond acceptors (Lipinski definition) is 5. The fourth-order valence-corrected chi connectivity index (χ4v) is 3.42. The average Bonchev–Trinajstić information content (AvgIpc) is 3.07. The van der Waals surface area contributed by atoms with Crippen LogP contribution in [0.25, 0.3) is 11.0 Å². The molecule has 3 aromatic rings. The van der Waals surface area contributed by atoms with Gasteiger partial charge in [0.2, 0.25) is 5.82 Å². The lowest BCUT2D eigenvalue weighted by molar-refractivity contribution is 0.0941. The van der Waals surface area contributed by atoms with Crippen LogP contribution in [0.2, 0.25) is 0 Å². The molecule has 1 aromatic carbocycles. The summed E-state index contributed by atoms with van der Waals surface area (Å²) >= 11 is 0. The summed E-state index contributed by atoms with van der Waals surface area (Å²) in [7, 11) is 1.86. The number of anilines is 1. The van der Waals surface area contributed by atoms with Crippen LogP contribution in [0, 0.1) is 6.92 Å².